The Labute approximate surface area is 136 Å². The minimum absolute atomic E-state index is 0.0973. The van der Waals surface area contributed by atoms with Crippen LogP contribution < -0.4 is 4.74 Å². The van der Waals surface area contributed by atoms with Crippen molar-refractivity contribution < 1.29 is 13.9 Å². The summed E-state index contributed by atoms with van der Waals surface area (Å²) in [5.74, 6) is 0.00615. The number of carbonyl (C=O) groups is 1. The fourth-order valence-electron chi connectivity index (χ4n) is 1.83. The fourth-order valence-corrected chi connectivity index (χ4v) is 2.41. The quantitative estimate of drug-likeness (QED) is 0.753. The summed E-state index contributed by atoms with van der Waals surface area (Å²) in [6.07, 6.45) is -0.543. The topological polar surface area (TPSA) is 26.3 Å². The second kappa shape index (κ2) is 7.05. The monoisotopic (exact) mass is 370 g/mol. The Kier molecular flexibility index (Phi) is 5.37. The maximum atomic E-state index is 13.4. The molecule has 0 amide bonds. The number of hydrogen-bond acceptors (Lipinski definition) is 2. The maximum Gasteiger partial charge on any atom is 0.177 e. The van der Waals surface area contributed by atoms with Gasteiger partial charge in [0.2, 0.25) is 0 Å². The highest BCUT2D eigenvalue weighted by atomic mass is 79.9. The number of Topliss-reactive ketones (excluding diaryl/α,β-unsaturated/α-hetero) is 1. The van der Waals surface area contributed by atoms with Crippen LogP contribution >= 0.6 is 27.5 Å². The van der Waals surface area contributed by atoms with E-state index in [9.17, 15) is 9.18 Å². The van der Waals surface area contributed by atoms with Crippen LogP contribution in [0.3, 0.4) is 0 Å². The van der Waals surface area contributed by atoms with E-state index in [0.717, 1.165) is 0 Å². The SMILES string of the molecule is CC(Oc1cccc(Cl)c1)C(=O)Cc1cccc(F)c1Br. The average molecular weight is 372 g/mol. The summed E-state index contributed by atoms with van der Waals surface area (Å²) in [5.41, 5.74) is 0.599. The van der Waals surface area contributed by atoms with Gasteiger partial charge in [-0.25, -0.2) is 4.39 Å². The summed E-state index contributed by atoms with van der Waals surface area (Å²) in [5, 5.41) is 0.542. The van der Waals surface area contributed by atoms with Gasteiger partial charge in [0.25, 0.3) is 0 Å². The molecule has 0 saturated carbocycles. The van der Waals surface area contributed by atoms with Gasteiger partial charge in [-0.2, -0.15) is 0 Å². The number of halogens is 3. The first-order chi connectivity index (χ1) is 9.97. The summed E-state index contributed by atoms with van der Waals surface area (Å²) in [4.78, 5) is 12.2. The second-order valence-electron chi connectivity index (χ2n) is 4.57. The summed E-state index contributed by atoms with van der Waals surface area (Å²) in [7, 11) is 0. The zero-order valence-corrected chi connectivity index (χ0v) is 13.6. The van der Waals surface area contributed by atoms with Crippen LogP contribution in [0.1, 0.15) is 12.5 Å². The molecule has 0 aliphatic carbocycles. The Bertz CT molecular complexity index is 660. The van der Waals surface area contributed by atoms with Crippen LogP contribution in [0.15, 0.2) is 46.9 Å². The number of benzene rings is 2. The molecule has 0 radical (unpaired) electrons. The van der Waals surface area contributed by atoms with Crippen molar-refractivity contribution in [2.24, 2.45) is 0 Å². The van der Waals surface area contributed by atoms with E-state index in [1.807, 2.05) is 0 Å². The Morgan fingerprint density at radius 2 is 2.05 bits per heavy atom. The van der Waals surface area contributed by atoms with Crippen LogP contribution in [0.25, 0.3) is 0 Å². The Hall–Kier alpha value is -1.39. The third-order valence-corrected chi connectivity index (χ3v) is 4.08. The Balaban J connectivity index is 2.04. The number of rotatable bonds is 5. The number of ether oxygens (including phenoxy) is 1. The molecular weight excluding hydrogens is 359 g/mol. The van der Waals surface area contributed by atoms with Gasteiger partial charge in [0.05, 0.1) is 4.47 Å². The van der Waals surface area contributed by atoms with E-state index in [-0.39, 0.29) is 18.0 Å². The molecule has 0 N–H and O–H groups in total. The first-order valence-electron chi connectivity index (χ1n) is 6.35. The van der Waals surface area contributed by atoms with Gasteiger partial charge in [-0.3, -0.25) is 4.79 Å². The van der Waals surface area contributed by atoms with Gasteiger partial charge in [0.1, 0.15) is 11.6 Å². The van der Waals surface area contributed by atoms with Crippen LogP contribution in [0.4, 0.5) is 4.39 Å². The molecule has 1 atom stereocenters. The lowest BCUT2D eigenvalue weighted by Crippen LogP contribution is -2.25. The van der Waals surface area contributed by atoms with Gasteiger partial charge in [-0.1, -0.05) is 29.8 Å². The molecule has 5 heteroatoms. The smallest absolute Gasteiger partial charge is 0.177 e. The predicted octanol–water partition coefficient (Wildman–Crippen LogP) is 4.82. The van der Waals surface area contributed by atoms with Crippen LogP contribution in [0.5, 0.6) is 5.75 Å². The summed E-state index contributed by atoms with van der Waals surface area (Å²) < 4.78 is 19.3. The largest absolute Gasteiger partial charge is 0.483 e. The van der Waals surface area contributed by atoms with Crippen molar-refractivity contribution in [2.75, 3.05) is 0 Å². The maximum absolute atomic E-state index is 13.4. The van der Waals surface area contributed by atoms with E-state index in [1.165, 1.54) is 6.07 Å². The zero-order valence-electron chi connectivity index (χ0n) is 11.3. The van der Waals surface area contributed by atoms with Crippen molar-refractivity contribution in [3.8, 4) is 5.75 Å². The average Bonchev–Trinajstić information content (AvgIpc) is 2.44. The van der Waals surface area contributed by atoms with E-state index in [1.54, 1.807) is 43.3 Å². The molecule has 0 heterocycles. The summed E-state index contributed by atoms with van der Waals surface area (Å²) >= 11 is 9.01. The van der Waals surface area contributed by atoms with Crippen LogP contribution in [-0.2, 0) is 11.2 Å². The van der Waals surface area contributed by atoms with Gasteiger partial charge in [0, 0.05) is 11.4 Å². The van der Waals surface area contributed by atoms with Crippen LogP contribution in [0, 0.1) is 5.82 Å². The zero-order chi connectivity index (χ0) is 15.4. The lowest BCUT2D eigenvalue weighted by Gasteiger charge is -2.14. The standard InChI is InChI=1S/C16H13BrClFO2/c1-10(21-13-6-3-5-12(18)9-13)15(20)8-11-4-2-7-14(19)16(11)17/h2-7,9-10H,8H2,1H3. The van der Waals surface area contributed by atoms with Gasteiger partial charge in [-0.15, -0.1) is 0 Å². The van der Waals surface area contributed by atoms with E-state index in [4.69, 9.17) is 16.3 Å². The first-order valence-corrected chi connectivity index (χ1v) is 7.52. The van der Waals surface area contributed by atoms with Crippen molar-refractivity contribution in [3.05, 3.63) is 63.3 Å². The molecule has 0 saturated heterocycles. The van der Waals surface area contributed by atoms with E-state index in [0.29, 0.717) is 20.8 Å². The molecule has 0 aromatic heterocycles. The van der Waals surface area contributed by atoms with Crippen LogP contribution in [-0.4, -0.2) is 11.9 Å². The van der Waals surface area contributed by atoms with Gasteiger partial charge >= 0.3 is 0 Å². The summed E-state index contributed by atoms with van der Waals surface area (Å²) in [6, 6.07) is 11.5. The fraction of sp³-hybridized carbons (Fsp3) is 0.188. The molecule has 0 bridgehead atoms. The molecule has 0 fully saturated rings. The van der Waals surface area contributed by atoms with E-state index in [2.05, 4.69) is 15.9 Å². The molecule has 21 heavy (non-hydrogen) atoms. The van der Waals surface area contributed by atoms with Crippen molar-refractivity contribution in [3.63, 3.8) is 0 Å². The lowest BCUT2D eigenvalue weighted by molar-refractivity contribution is -0.124. The second-order valence-corrected chi connectivity index (χ2v) is 5.80. The molecule has 2 nitrogen and oxygen atoms in total. The highest BCUT2D eigenvalue weighted by molar-refractivity contribution is 9.10. The highest BCUT2D eigenvalue weighted by Crippen LogP contribution is 2.22. The minimum atomic E-state index is -0.640. The van der Waals surface area contributed by atoms with Crippen LogP contribution in [0.2, 0.25) is 5.02 Å². The molecule has 2 aromatic rings. The molecule has 2 aromatic carbocycles. The molecule has 0 spiro atoms. The highest BCUT2D eigenvalue weighted by Gasteiger charge is 2.17. The first kappa shape index (κ1) is 16.0. The third-order valence-electron chi connectivity index (χ3n) is 2.96. The summed E-state index contributed by atoms with van der Waals surface area (Å²) in [6.45, 7) is 1.66. The van der Waals surface area contributed by atoms with Crippen molar-refractivity contribution in [2.45, 2.75) is 19.4 Å². The van der Waals surface area contributed by atoms with Gasteiger partial charge in [-0.05, 0) is 52.7 Å². The predicted molar refractivity (Wildman–Crippen MR) is 84.4 cm³/mol. The third kappa shape index (κ3) is 4.29. The normalized spacial score (nSPS) is 12.0. The number of carbonyl (C=O) groups excluding carboxylic acids is 1. The molecular formula is C16H13BrClFO2. The van der Waals surface area contributed by atoms with Crippen molar-refractivity contribution in [1.82, 2.24) is 0 Å². The molecule has 0 aliphatic rings. The van der Waals surface area contributed by atoms with Gasteiger partial charge < -0.3 is 4.74 Å². The van der Waals surface area contributed by atoms with E-state index >= 15 is 0 Å². The van der Waals surface area contributed by atoms with Crippen molar-refractivity contribution >= 4 is 33.3 Å². The molecule has 0 aliphatic heterocycles. The molecule has 1 unspecified atom stereocenters. The lowest BCUT2D eigenvalue weighted by atomic mass is 10.1. The van der Waals surface area contributed by atoms with Crippen molar-refractivity contribution in [1.29, 1.82) is 0 Å². The minimum Gasteiger partial charge on any atom is -0.483 e. The van der Waals surface area contributed by atoms with Gasteiger partial charge in [0.15, 0.2) is 11.9 Å². The Morgan fingerprint density at radius 1 is 1.33 bits per heavy atom. The molecule has 2 rings (SSSR count). The van der Waals surface area contributed by atoms with E-state index < -0.39 is 6.10 Å². The number of ketones is 1. The molecule has 110 valence electrons. The Morgan fingerprint density at radius 3 is 2.76 bits per heavy atom. The number of hydrogen-bond donors (Lipinski definition) is 0.